The fraction of sp³-hybridized carbons (Fsp3) is 0.474. The largest absolute Gasteiger partial charge is 0.324 e. The number of aryl methyl sites for hydroxylation is 1. The first-order chi connectivity index (χ1) is 11.8. The van der Waals surface area contributed by atoms with Crippen LogP contribution in [0.25, 0.3) is 0 Å². The van der Waals surface area contributed by atoms with Gasteiger partial charge in [-0.2, -0.15) is 5.10 Å². The van der Waals surface area contributed by atoms with Crippen molar-refractivity contribution in [1.82, 2.24) is 15.1 Å². The highest BCUT2D eigenvalue weighted by Gasteiger charge is 2.42. The minimum Gasteiger partial charge on any atom is -0.324 e. The van der Waals surface area contributed by atoms with E-state index in [1.54, 1.807) is 6.20 Å². The zero-order valence-corrected chi connectivity index (χ0v) is 13.9. The molecule has 2 N–H and O–H groups in total. The molecule has 0 spiro atoms. The molecule has 0 radical (unpaired) electrons. The molecule has 0 saturated carbocycles. The number of carbonyl (C=O) groups is 1. The summed E-state index contributed by atoms with van der Waals surface area (Å²) in [6, 6.07) is 8.18. The molecule has 1 amide bonds. The number of anilines is 1. The van der Waals surface area contributed by atoms with Crippen molar-refractivity contribution in [2.75, 3.05) is 18.4 Å². The summed E-state index contributed by atoms with van der Waals surface area (Å²) < 4.78 is 1.85. The van der Waals surface area contributed by atoms with E-state index in [0.29, 0.717) is 0 Å². The molecule has 5 heteroatoms. The van der Waals surface area contributed by atoms with E-state index in [2.05, 4.69) is 27.9 Å². The molecule has 0 unspecified atom stereocenters. The molecule has 1 fully saturated rings. The molecule has 0 atom stereocenters. The van der Waals surface area contributed by atoms with Gasteiger partial charge < -0.3 is 10.6 Å². The van der Waals surface area contributed by atoms with Crippen molar-refractivity contribution in [1.29, 1.82) is 0 Å². The molecular formula is C19H24N4O. The Bertz CT molecular complexity index is 717. The predicted octanol–water partition coefficient (Wildman–Crippen LogP) is 2.48. The fourth-order valence-electron chi connectivity index (χ4n) is 4.06. The van der Waals surface area contributed by atoms with Crippen molar-refractivity contribution < 1.29 is 4.79 Å². The predicted molar refractivity (Wildman–Crippen MR) is 94.0 cm³/mol. The van der Waals surface area contributed by atoms with Crippen LogP contribution in [0.15, 0.2) is 36.7 Å². The molecule has 1 aliphatic carbocycles. The van der Waals surface area contributed by atoms with Crippen LogP contribution in [0.4, 0.5) is 5.69 Å². The number of aromatic nitrogens is 2. The first-order valence-corrected chi connectivity index (χ1v) is 8.93. The Morgan fingerprint density at radius 2 is 2.00 bits per heavy atom. The SMILES string of the molecule is O=C(Nc1cccc2c1CCCC2)C1(n2cccn2)CCNCC1. The summed E-state index contributed by atoms with van der Waals surface area (Å²) in [4.78, 5) is 13.3. The Balaban J connectivity index is 1.65. The summed E-state index contributed by atoms with van der Waals surface area (Å²) in [6.07, 6.45) is 9.80. The Kier molecular flexibility index (Phi) is 4.10. The van der Waals surface area contributed by atoms with E-state index >= 15 is 0 Å². The number of fused-ring (bicyclic) bond motifs is 1. The normalized spacial score (nSPS) is 19.5. The van der Waals surface area contributed by atoms with Crippen molar-refractivity contribution in [3.8, 4) is 0 Å². The smallest absolute Gasteiger partial charge is 0.252 e. The minimum absolute atomic E-state index is 0.0617. The summed E-state index contributed by atoms with van der Waals surface area (Å²) in [7, 11) is 0. The van der Waals surface area contributed by atoms with E-state index in [0.717, 1.165) is 44.5 Å². The van der Waals surface area contributed by atoms with E-state index in [1.165, 1.54) is 24.0 Å². The van der Waals surface area contributed by atoms with Crippen molar-refractivity contribution in [3.63, 3.8) is 0 Å². The van der Waals surface area contributed by atoms with Crippen LogP contribution in [0.5, 0.6) is 0 Å². The van der Waals surface area contributed by atoms with Crippen LogP contribution >= 0.6 is 0 Å². The van der Waals surface area contributed by atoms with Gasteiger partial charge in [0.15, 0.2) is 0 Å². The number of nitrogens with zero attached hydrogens (tertiary/aromatic N) is 2. The van der Waals surface area contributed by atoms with E-state index < -0.39 is 5.54 Å². The molecule has 1 aromatic heterocycles. The number of amides is 1. The standard InChI is InChI=1S/C19H24N4O/c24-18(19(9-12-20-13-10-19)23-14-4-11-21-23)22-17-8-3-6-15-5-1-2-7-16(15)17/h3-4,6,8,11,14,20H,1-2,5,7,9-10,12-13H2,(H,22,24). The second kappa shape index (κ2) is 6.40. The molecule has 1 aromatic carbocycles. The first-order valence-electron chi connectivity index (χ1n) is 8.93. The number of rotatable bonds is 3. The third-order valence-electron chi connectivity index (χ3n) is 5.44. The fourth-order valence-corrected chi connectivity index (χ4v) is 4.06. The van der Waals surface area contributed by atoms with Crippen LogP contribution in [0.2, 0.25) is 0 Å². The van der Waals surface area contributed by atoms with Crippen LogP contribution in [0, 0.1) is 0 Å². The topological polar surface area (TPSA) is 59.0 Å². The maximum Gasteiger partial charge on any atom is 0.252 e. The van der Waals surface area contributed by atoms with E-state index in [-0.39, 0.29) is 5.91 Å². The van der Waals surface area contributed by atoms with E-state index in [1.807, 2.05) is 23.0 Å². The van der Waals surface area contributed by atoms with Gasteiger partial charge in [0.05, 0.1) is 0 Å². The molecule has 24 heavy (non-hydrogen) atoms. The average molecular weight is 324 g/mol. The maximum atomic E-state index is 13.3. The Labute approximate surface area is 142 Å². The van der Waals surface area contributed by atoms with Crippen molar-refractivity contribution in [2.45, 2.75) is 44.1 Å². The number of carbonyl (C=O) groups excluding carboxylic acids is 1. The van der Waals surface area contributed by atoms with Crippen molar-refractivity contribution in [2.24, 2.45) is 0 Å². The molecule has 1 aliphatic heterocycles. The molecule has 4 rings (SSSR count). The van der Waals surface area contributed by atoms with Crippen LogP contribution in [0.1, 0.15) is 36.8 Å². The number of piperidine rings is 1. The van der Waals surface area contributed by atoms with Gasteiger partial charge in [-0.3, -0.25) is 9.48 Å². The lowest BCUT2D eigenvalue weighted by Crippen LogP contribution is -2.52. The van der Waals surface area contributed by atoms with E-state index in [4.69, 9.17) is 0 Å². The Morgan fingerprint density at radius 1 is 1.17 bits per heavy atom. The van der Waals surface area contributed by atoms with Crippen molar-refractivity contribution >= 4 is 11.6 Å². The number of hydrogen-bond donors (Lipinski definition) is 2. The highest BCUT2D eigenvalue weighted by molar-refractivity contribution is 5.97. The zero-order valence-electron chi connectivity index (χ0n) is 13.9. The second-order valence-corrected chi connectivity index (χ2v) is 6.84. The Morgan fingerprint density at radius 3 is 2.79 bits per heavy atom. The van der Waals surface area contributed by atoms with Crippen LogP contribution in [-0.4, -0.2) is 28.8 Å². The average Bonchev–Trinajstić information content (AvgIpc) is 3.18. The lowest BCUT2D eigenvalue weighted by Gasteiger charge is -2.36. The summed E-state index contributed by atoms with van der Waals surface area (Å²) in [6.45, 7) is 1.67. The molecule has 126 valence electrons. The highest BCUT2D eigenvalue weighted by Crippen LogP contribution is 2.32. The summed E-state index contributed by atoms with van der Waals surface area (Å²) in [5, 5.41) is 11.0. The van der Waals surface area contributed by atoms with Gasteiger partial charge in [0, 0.05) is 18.1 Å². The van der Waals surface area contributed by atoms with Crippen LogP contribution < -0.4 is 10.6 Å². The first kappa shape index (κ1) is 15.4. The van der Waals surface area contributed by atoms with Gasteiger partial charge in [0.1, 0.15) is 5.54 Å². The van der Waals surface area contributed by atoms with Gasteiger partial charge in [-0.15, -0.1) is 0 Å². The van der Waals surface area contributed by atoms with Crippen LogP contribution in [-0.2, 0) is 23.2 Å². The molecule has 2 heterocycles. The van der Waals surface area contributed by atoms with Gasteiger partial charge in [0.2, 0.25) is 0 Å². The summed E-state index contributed by atoms with van der Waals surface area (Å²) in [5.41, 5.74) is 3.10. The van der Waals surface area contributed by atoms with Gasteiger partial charge >= 0.3 is 0 Å². The monoisotopic (exact) mass is 324 g/mol. The third kappa shape index (κ3) is 2.63. The second-order valence-electron chi connectivity index (χ2n) is 6.84. The van der Waals surface area contributed by atoms with Gasteiger partial charge in [-0.05, 0) is 74.9 Å². The highest BCUT2D eigenvalue weighted by atomic mass is 16.2. The molecular weight excluding hydrogens is 300 g/mol. The molecule has 0 bridgehead atoms. The maximum absolute atomic E-state index is 13.3. The Hall–Kier alpha value is -2.14. The quantitative estimate of drug-likeness (QED) is 0.912. The lowest BCUT2D eigenvalue weighted by atomic mass is 9.86. The minimum atomic E-state index is -0.591. The molecule has 5 nitrogen and oxygen atoms in total. The summed E-state index contributed by atoms with van der Waals surface area (Å²) >= 11 is 0. The van der Waals surface area contributed by atoms with Gasteiger partial charge in [0.25, 0.3) is 5.91 Å². The van der Waals surface area contributed by atoms with Gasteiger partial charge in [-0.25, -0.2) is 0 Å². The van der Waals surface area contributed by atoms with Crippen molar-refractivity contribution in [3.05, 3.63) is 47.8 Å². The molecule has 1 saturated heterocycles. The third-order valence-corrected chi connectivity index (χ3v) is 5.44. The van der Waals surface area contributed by atoms with Gasteiger partial charge in [-0.1, -0.05) is 12.1 Å². The zero-order chi connectivity index (χ0) is 16.4. The van der Waals surface area contributed by atoms with E-state index in [9.17, 15) is 4.79 Å². The number of nitrogens with one attached hydrogen (secondary N) is 2. The number of benzene rings is 1. The number of hydrogen-bond acceptors (Lipinski definition) is 3. The lowest BCUT2D eigenvalue weighted by molar-refractivity contribution is -0.126. The molecule has 2 aromatic rings. The summed E-state index contributed by atoms with van der Waals surface area (Å²) in [5.74, 6) is 0.0617. The molecule has 2 aliphatic rings. The van der Waals surface area contributed by atoms with Crippen LogP contribution in [0.3, 0.4) is 0 Å².